The zero-order valence-corrected chi connectivity index (χ0v) is 14.0. The van der Waals surface area contributed by atoms with Gasteiger partial charge in [-0.1, -0.05) is 24.3 Å². The SMILES string of the molecule is O=S(=O)(Nc1ccc(-n2cnnn2)cc1)C1=Cc2ccccc2CC1. The van der Waals surface area contributed by atoms with E-state index in [1.165, 1.54) is 16.6 Å². The average molecular weight is 353 g/mol. The normalized spacial score (nSPS) is 13.8. The number of aromatic nitrogens is 4. The van der Waals surface area contributed by atoms with Crippen molar-refractivity contribution in [3.8, 4) is 5.69 Å². The van der Waals surface area contributed by atoms with Gasteiger partial charge in [-0.3, -0.25) is 4.72 Å². The lowest BCUT2D eigenvalue weighted by molar-refractivity contribution is 0.605. The summed E-state index contributed by atoms with van der Waals surface area (Å²) in [6.45, 7) is 0. The molecule has 1 heterocycles. The highest BCUT2D eigenvalue weighted by molar-refractivity contribution is 7.96. The Morgan fingerprint density at radius 1 is 1.00 bits per heavy atom. The number of hydrogen-bond donors (Lipinski definition) is 1. The van der Waals surface area contributed by atoms with Crippen LogP contribution in [0, 0.1) is 0 Å². The first-order valence-electron chi connectivity index (χ1n) is 7.76. The molecule has 1 aliphatic rings. The van der Waals surface area contributed by atoms with E-state index in [9.17, 15) is 8.42 Å². The number of tetrazole rings is 1. The van der Waals surface area contributed by atoms with Crippen LogP contribution in [-0.2, 0) is 16.4 Å². The predicted octanol–water partition coefficient (Wildman–Crippen LogP) is 2.39. The number of hydrogen-bond acceptors (Lipinski definition) is 5. The average Bonchev–Trinajstić information content (AvgIpc) is 3.16. The van der Waals surface area contributed by atoms with E-state index < -0.39 is 10.0 Å². The Labute approximate surface area is 145 Å². The molecule has 2 aromatic carbocycles. The second kappa shape index (κ2) is 6.14. The lowest BCUT2D eigenvalue weighted by Crippen LogP contribution is -2.17. The molecule has 0 amide bonds. The number of rotatable bonds is 4. The molecule has 1 aromatic heterocycles. The molecule has 7 nitrogen and oxygen atoms in total. The molecular formula is C17H15N5O2S. The van der Waals surface area contributed by atoms with E-state index >= 15 is 0 Å². The van der Waals surface area contributed by atoms with Crippen molar-refractivity contribution in [1.29, 1.82) is 0 Å². The smallest absolute Gasteiger partial charge is 0.258 e. The first kappa shape index (κ1) is 15.5. The third-order valence-electron chi connectivity index (χ3n) is 4.09. The summed E-state index contributed by atoms with van der Waals surface area (Å²) in [7, 11) is -3.58. The molecule has 0 aliphatic heterocycles. The van der Waals surface area contributed by atoms with E-state index in [2.05, 4.69) is 20.2 Å². The molecule has 0 fully saturated rings. The molecule has 0 spiro atoms. The van der Waals surface area contributed by atoms with Crippen LogP contribution in [0.3, 0.4) is 0 Å². The van der Waals surface area contributed by atoms with Crippen LogP contribution < -0.4 is 4.72 Å². The maximum Gasteiger partial charge on any atom is 0.258 e. The molecule has 4 rings (SSSR count). The highest BCUT2D eigenvalue weighted by atomic mass is 32.2. The van der Waals surface area contributed by atoms with Gasteiger partial charge in [-0.15, -0.1) is 5.10 Å². The zero-order valence-electron chi connectivity index (χ0n) is 13.2. The number of sulfonamides is 1. The van der Waals surface area contributed by atoms with Gasteiger partial charge in [-0.25, -0.2) is 13.1 Å². The van der Waals surface area contributed by atoms with Gasteiger partial charge >= 0.3 is 0 Å². The number of nitrogens with zero attached hydrogens (tertiary/aromatic N) is 4. The topological polar surface area (TPSA) is 89.8 Å². The molecule has 25 heavy (non-hydrogen) atoms. The van der Waals surface area contributed by atoms with E-state index in [4.69, 9.17) is 0 Å². The fraction of sp³-hybridized carbons (Fsp3) is 0.118. The van der Waals surface area contributed by atoms with E-state index in [1.807, 2.05) is 24.3 Å². The highest BCUT2D eigenvalue weighted by Gasteiger charge is 2.21. The Kier molecular flexibility index (Phi) is 3.81. The van der Waals surface area contributed by atoms with Crippen molar-refractivity contribution < 1.29 is 8.42 Å². The van der Waals surface area contributed by atoms with E-state index in [0.717, 1.165) is 17.7 Å². The van der Waals surface area contributed by atoms with Crippen LogP contribution in [0.5, 0.6) is 0 Å². The second-order valence-electron chi connectivity index (χ2n) is 5.72. The summed E-state index contributed by atoms with van der Waals surface area (Å²) in [4.78, 5) is 0.399. The van der Waals surface area contributed by atoms with Crippen molar-refractivity contribution in [2.75, 3.05) is 4.72 Å². The van der Waals surface area contributed by atoms with Crippen LogP contribution in [-0.4, -0.2) is 28.6 Å². The molecule has 0 unspecified atom stereocenters. The lowest BCUT2D eigenvalue weighted by Gasteiger charge is -2.17. The highest BCUT2D eigenvalue weighted by Crippen LogP contribution is 2.28. The minimum absolute atomic E-state index is 0.399. The fourth-order valence-corrected chi connectivity index (χ4v) is 4.03. The predicted molar refractivity (Wildman–Crippen MR) is 94.4 cm³/mol. The second-order valence-corrected chi connectivity index (χ2v) is 7.45. The van der Waals surface area contributed by atoms with Crippen molar-refractivity contribution in [1.82, 2.24) is 20.2 Å². The van der Waals surface area contributed by atoms with E-state index in [-0.39, 0.29) is 0 Å². The molecule has 0 bridgehead atoms. The van der Waals surface area contributed by atoms with Crippen molar-refractivity contribution >= 4 is 21.8 Å². The van der Waals surface area contributed by atoms with Crippen LogP contribution in [0.1, 0.15) is 17.5 Å². The van der Waals surface area contributed by atoms with Gasteiger partial charge in [0.25, 0.3) is 10.0 Å². The Hall–Kier alpha value is -3.00. The number of anilines is 1. The van der Waals surface area contributed by atoms with Crippen LogP contribution >= 0.6 is 0 Å². The number of aryl methyl sites for hydroxylation is 1. The molecule has 3 aromatic rings. The van der Waals surface area contributed by atoms with Gasteiger partial charge in [-0.05, 0) is 64.7 Å². The Morgan fingerprint density at radius 3 is 2.56 bits per heavy atom. The van der Waals surface area contributed by atoms with Crippen LogP contribution in [0.15, 0.2) is 59.8 Å². The van der Waals surface area contributed by atoms with Gasteiger partial charge in [0.2, 0.25) is 0 Å². The van der Waals surface area contributed by atoms with E-state index in [0.29, 0.717) is 17.0 Å². The van der Waals surface area contributed by atoms with Crippen LogP contribution in [0.25, 0.3) is 11.8 Å². The molecular weight excluding hydrogens is 338 g/mol. The largest absolute Gasteiger partial charge is 0.280 e. The number of allylic oxidation sites excluding steroid dienone is 1. The standard InChI is InChI=1S/C17H15N5O2S/c23-25(24,17-10-5-13-3-1-2-4-14(13)11-17)19-15-6-8-16(9-7-15)22-12-18-20-21-22/h1-4,6-9,11-12,19H,5,10H2. The summed E-state index contributed by atoms with van der Waals surface area (Å²) in [5.41, 5.74) is 3.38. The summed E-state index contributed by atoms with van der Waals surface area (Å²) >= 11 is 0. The quantitative estimate of drug-likeness (QED) is 0.778. The number of benzene rings is 2. The third-order valence-corrected chi connectivity index (χ3v) is 5.61. The molecule has 0 saturated carbocycles. The molecule has 0 radical (unpaired) electrons. The Balaban J connectivity index is 1.57. The lowest BCUT2D eigenvalue weighted by atomic mass is 9.98. The van der Waals surface area contributed by atoms with Gasteiger partial charge in [0.1, 0.15) is 6.33 Å². The van der Waals surface area contributed by atoms with Gasteiger partial charge in [0, 0.05) is 5.69 Å². The maximum atomic E-state index is 12.7. The first-order chi connectivity index (χ1) is 12.1. The molecule has 1 aliphatic carbocycles. The van der Waals surface area contributed by atoms with Gasteiger partial charge in [-0.2, -0.15) is 0 Å². The Bertz CT molecular complexity index is 1030. The van der Waals surface area contributed by atoms with Gasteiger partial charge in [0.05, 0.1) is 10.6 Å². The van der Waals surface area contributed by atoms with Crippen molar-refractivity contribution in [3.63, 3.8) is 0 Å². The Morgan fingerprint density at radius 2 is 1.80 bits per heavy atom. The summed E-state index contributed by atoms with van der Waals surface area (Å²) in [6, 6.07) is 14.7. The van der Waals surface area contributed by atoms with Crippen LogP contribution in [0.2, 0.25) is 0 Å². The minimum Gasteiger partial charge on any atom is -0.280 e. The molecule has 8 heteroatoms. The van der Waals surface area contributed by atoms with Gasteiger partial charge < -0.3 is 0 Å². The third kappa shape index (κ3) is 3.16. The maximum absolute atomic E-state index is 12.7. The zero-order chi connectivity index (χ0) is 17.3. The van der Waals surface area contributed by atoms with E-state index in [1.54, 1.807) is 30.3 Å². The molecule has 0 atom stereocenters. The fourth-order valence-electron chi connectivity index (χ4n) is 2.80. The van der Waals surface area contributed by atoms with Crippen molar-refractivity contribution in [2.24, 2.45) is 0 Å². The number of nitrogens with one attached hydrogen (secondary N) is 1. The summed E-state index contributed by atoms with van der Waals surface area (Å²) in [5.74, 6) is 0. The molecule has 126 valence electrons. The van der Waals surface area contributed by atoms with Crippen LogP contribution in [0.4, 0.5) is 5.69 Å². The summed E-state index contributed by atoms with van der Waals surface area (Å²) < 4.78 is 29.5. The van der Waals surface area contributed by atoms with Crippen molar-refractivity contribution in [2.45, 2.75) is 12.8 Å². The first-order valence-corrected chi connectivity index (χ1v) is 9.25. The number of fused-ring (bicyclic) bond motifs is 1. The minimum atomic E-state index is -3.58. The summed E-state index contributed by atoms with van der Waals surface area (Å²) in [5, 5.41) is 10.9. The van der Waals surface area contributed by atoms with Gasteiger partial charge in [0.15, 0.2) is 0 Å². The monoisotopic (exact) mass is 353 g/mol. The summed E-state index contributed by atoms with van der Waals surface area (Å²) in [6.07, 6.45) is 4.44. The molecule has 0 saturated heterocycles. The van der Waals surface area contributed by atoms with Crippen molar-refractivity contribution in [3.05, 3.63) is 70.9 Å². The molecule has 1 N–H and O–H groups in total.